The molecule has 0 N–H and O–H groups in total. The van der Waals surface area contributed by atoms with Crippen molar-refractivity contribution < 1.29 is 0 Å². The second-order valence-electron chi connectivity index (χ2n) is 15.8. The summed E-state index contributed by atoms with van der Waals surface area (Å²) in [5.74, 6) is 4.68. The van der Waals surface area contributed by atoms with Crippen LogP contribution < -0.4 is 0 Å². The molecule has 0 aromatic heterocycles. The Morgan fingerprint density at radius 2 is 1.44 bits per heavy atom. The lowest BCUT2D eigenvalue weighted by atomic mass is 9.70. The van der Waals surface area contributed by atoms with E-state index in [-0.39, 0.29) is 0 Å². The molecule has 2 aromatic rings. The van der Waals surface area contributed by atoms with E-state index in [1.54, 1.807) is 30.9 Å². The normalized spacial score (nSPS) is 33.7. The molecule has 0 heterocycles. The van der Waals surface area contributed by atoms with Crippen LogP contribution in [-0.2, 0) is 0 Å². The van der Waals surface area contributed by atoms with Gasteiger partial charge in [-0.05, 0) is 69.8 Å². The molecule has 3 aliphatic carbocycles. The Morgan fingerprint density at radius 3 is 2.19 bits per heavy atom. The third kappa shape index (κ3) is 4.79. The molecule has 5 rings (SSSR count). The zero-order valence-electron chi connectivity index (χ0n) is 24.7. The van der Waals surface area contributed by atoms with Crippen LogP contribution in [0.2, 0.25) is 63.0 Å². The van der Waals surface area contributed by atoms with Crippen molar-refractivity contribution in [3.05, 3.63) is 48.0 Å². The van der Waals surface area contributed by atoms with E-state index < -0.39 is 23.3 Å². The molecule has 7 unspecified atom stereocenters. The summed E-state index contributed by atoms with van der Waals surface area (Å²) in [6.07, 6.45) is 10.6. The van der Waals surface area contributed by atoms with Crippen molar-refractivity contribution in [2.24, 2.45) is 23.7 Å². The third-order valence-corrected chi connectivity index (χ3v) is 34.6. The van der Waals surface area contributed by atoms with Crippen LogP contribution in [0.1, 0.15) is 63.4 Å². The summed E-state index contributed by atoms with van der Waals surface area (Å²) in [6.45, 7) is 22.0. The fourth-order valence-corrected chi connectivity index (χ4v) is 26.9. The molecule has 0 saturated heterocycles. The van der Waals surface area contributed by atoms with Gasteiger partial charge in [0.2, 0.25) is 0 Å². The Morgan fingerprint density at radius 1 is 0.722 bits per heavy atom. The van der Waals surface area contributed by atoms with Gasteiger partial charge in [-0.3, -0.25) is 0 Å². The maximum atomic E-state index is 2.90. The van der Waals surface area contributed by atoms with Gasteiger partial charge in [0.1, 0.15) is 0 Å². The van der Waals surface area contributed by atoms with Gasteiger partial charge in [0.15, 0.2) is 0 Å². The molecule has 0 radical (unpaired) electrons. The van der Waals surface area contributed by atoms with Crippen molar-refractivity contribution in [3.63, 3.8) is 0 Å². The van der Waals surface area contributed by atoms with E-state index in [0.717, 1.165) is 40.7 Å². The summed E-state index contributed by atoms with van der Waals surface area (Å²) in [5.41, 5.74) is 3.83. The summed E-state index contributed by atoms with van der Waals surface area (Å²) in [5, 5.41) is 2.98. The Bertz CT molecular complexity index is 1060. The SMILES string of the molecule is CC1CC2C(c3cccc4ccccc34)CCCC2C1[Si](C)(C)[Si](C)(C)C1CCC(C[Si](C)(C)C)C1. The predicted octanol–water partition coefficient (Wildman–Crippen LogP) is 10.8. The second kappa shape index (κ2) is 9.83. The minimum atomic E-state index is -1.36. The van der Waals surface area contributed by atoms with E-state index in [0.29, 0.717) is 0 Å². The highest BCUT2D eigenvalue weighted by Crippen LogP contribution is 2.63. The highest BCUT2D eigenvalue weighted by Gasteiger charge is 2.59. The van der Waals surface area contributed by atoms with Crippen LogP contribution in [0.4, 0.5) is 0 Å². The molecule has 3 heteroatoms. The summed E-state index contributed by atoms with van der Waals surface area (Å²) in [6, 6.07) is 17.9. The third-order valence-electron chi connectivity index (χ3n) is 12.0. The molecular weight excluding hydrogens is 481 g/mol. The minimum Gasteiger partial charge on any atom is -0.0711 e. The predicted molar refractivity (Wildman–Crippen MR) is 169 cm³/mol. The van der Waals surface area contributed by atoms with Gasteiger partial charge in [-0.2, -0.15) is 0 Å². The van der Waals surface area contributed by atoms with Crippen molar-refractivity contribution in [1.82, 2.24) is 0 Å². The first-order chi connectivity index (χ1) is 16.9. The van der Waals surface area contributed by atoms with Crippen LogP contribution in [0.15, 0.2) is 42.5 Å². The lowest BCUT2D eigenvalue weighted by Gasteiger charge is -2.51. The molecule has 3 saturated carbocycles. The lowest BCUT2D eigenvalue weighted by molar-refractivity contribution is 0.238. The fraction of sp³-hybridized carbons (Fsp3) is 0.697. The Kier molecular flexibility index (Phi) is 7.35. The molecular formula is C33H54Si3. The minimum absolute atomic E-state index is 0.782. The van der Waals surface area contributed by atoms with Crippen LogP contribution in [-0.4, -0.2) is 23.3 Å². The van der Waals surface area contributed by atoms with Gasteiger partial charge in [-0.15, -0.1) is 0 Å². The summed E-state index contributed by atoms with van der Waals surface area (Å²) in [4.78, 5) is 0. The van der Waals surface area contributed by atoms with E-state index in [1.807, 2.05) is 0 Å². The maximum absolute atomic E-state index is 2.90. The van der Waals surface area contributed by atoms with E-state index in [2.05, 4.69) is 95.2 Å². The molecule has 36 heavy (non-hydrogen) atoms. The monoisotopic (exact) mass is 534 g/mol. The van der Waals surface area contributed by atoms with E-state index >= 15 is 0 Å². The molecule has 0 aliphatic heterocycles. The molecule has 2 aromatic carbocycles. The maximum Gasteiger partial charge on any atom is 0.0451 e. The molecule has 0 bridgehead atoms. The molecule has 0 amide bonds. The van der Waals surface area contributed by atoms with Crippen molar-refractivity contribution in [2.75, 3.05) is 0 Å². The summed E-state index contributed by atoms with van der Waals surface area (Å²) in [7, 11) is -3.59. The van der Waals surface area contributed by atoms with Gasteiger partial charge < -0.3 is 0 Å². The van der Waals surface area contributed by atoms with Crippen molar-refractivity contribution in [1.29, 1.82) is 0 Å². The average Bonchev–Trinajstić information content (AvgIpc) is 3.41. The standard InChI is InChI=1S/C33H54Si3/c1-24-21-32-30(29-16-11-14-26-13-9-10-15-28(26)29)17-12-18-31(32)33(24)36(7,8)35(5,6)27-20-19-25(22-27)23-34(2,3)4/h9-11,13-16,24-25,27,30-33H,12,17-23H2,1-8H3. The van der Waals surface area contributed by atoms with E-state index in [9.17, 15) is 0 Å². The zero-order chi connectivity index (χ0) is 25.9. The quantitative estimate of drug-likeness (QED) is 0.323. The average molecular weight is 535 g/mol. The number of fused-ring (bicyclic) bond motifs is 2. The first kappa shape index (κ1) is 26.9. The molecule has 7 atom stereocenters. The number of benzene rings is 2. The van der Waals surface area contributed by atoms with Crippen LogP contribution >= 0.6 is 0 Å². The molecule has 3 aliphatic rings. The highest BCUT2D eigenvalue weighted by molar-refractivity contribution is 7.41. The second-order valence-corrected chi connectivity index (χ2v) is 37.4. The van der Waals surface area contributed by atoms with E-state index in [4.69, 9.17) is 0 Å². The topological polar surface area (TPSA) is 0 Å². The van der Waals surface area contributed by atoms with Crippen LogP contribution in [0.5, 0.6) is 0 Å². The molecule has 0 nitrogen and oxygen atoms in total. The number of hydrogen-bond acceptors (Lipinski definition) is 0. The van der Waals surface area contributed by atoms with Crippen molar-refractivity contribution >= 4 is 34.0 Å². The summed E-state index contributed by atoms with van der Waals surface area (Å²) >= 11 is 0. The first-order valence-electron chi connectivity index (χ1n) is 15.4. The largest absolute Gasteiger partial charge is 0.0711 e. The number of hydrogen-bond donors (Lipinski definition) is 0. The fourth-order valence-electron chi connectivity index (χ4n) is 10.0. The first-order valence-corrected chi connectivity index (χ1v) is 26.2. The van der Waals surface area contributed by atoms with Gasteiger partial charge in [-0.1, -0.05) is 133 Å². The van der Waals surface area contributed by atoms with Gasteiger partial charge >= 0.3 is 0 Å². The zero-order valence-corrected chi connectivity index (χ0v) is 27.7. The van der Waals surface area contributed by atoms with Crippen LogP contribution in [0, 0.1) is 23.7 Å². The number of rotatable bonds is 6. The Hall–Kier alpha value is -0.649. The Balaban J connectivity index is 1.40. The van der Waals surface area contributed by atoms with Crippen molar-refractivity contribution in [3.8, 4) is 0 Å². The van der Waals surface area contributed by atoms with Crippen molar-refractivity contribution in [2.45, 2.75) is 121 Å². The summed E-state index contributed by atoms with van der Waals surface area (Å²) < 4.78 is 0. The van der Waals surface area contributed by atoms with Gasteiger partial charge in [-0.25, -0.2) is 0 Å². The molecule has 3 fully saturated rings. The van der Waals surface area contributed by atoms with E-state index in [1.165, 1.54) is 36.5 Å². The molecule has 198 valence electrons. The highest BCUT2D eigenvalue weighted by atomic mass is 29.3. The lowest BCUT2D eigenvalue weighted by Crippen LogP contribution is -2.62. The Labute approximate surface area is 225 Å². The molecule has 0 spiro atoms. The van der Waals surface area contributed by atoms with Crippen LogP contribution in [0.25, 0.3) is 10.8 Å². The van der Waals surface area contributed by atoms with Crippen LogP contribution in [0.3, 0.4) is 0 Å². The van der Waals surface area contributed by atoms with Gasteiger partial charge in [0.05, 0.1) is 0 Å². The smallest absolute Gasteiger partial charge is 0.0451 e. The van der Waals surface area contributed by atoms with Gasteiger partial charge in [0, 0.05) is 23.3 Å². The van der Waals surface area contributed by atoms with Gasteiger partial charge in [0.25, 0.3) is 0 Å².